The van der Waals surface area contributed by atoms with Gasteiger partial charge in [-0.15, -0.1) is 11.3 Å². The van der Waals surface area contributed by atoms with Gasteiger partial charge in [-0.2, -0.15) is 0 Å². The van der Waals surface area contributed by atoms with Gasteiger partial charge in [0.1, 0.15) is 11.4 Å². The largest absolute Gasteiger partial charge is 0.488 e. The monoisotopic (exact) mass is 725 g/mol. The number of aromatic nitrogens is 1. The van der Waals surface area contributed by atoms with Crippen molar-refractivity contribution in [1.82, 2.24) is 15.2 Å². The van der Waals surface area contributed by atoms with Crippen molar-refractivity contribution >= 4 is 63.8 Å². The third-order valence-corrected chi connectivity index (χ3v) is 10.5. The Labute approximate surface area is 300 Å². The Kier molecular flexibility index (Phi) is 12.4. The van der Waals surface area contributed by atoms with Gasteiger partial charge in [0.15, 0.2) is 4.34 Å². The van der Waals surface area contributed by atoms with E-state index in [0.29, 0.717) is 27.9 Å². The maximum absolute atomic E-state index is 12.9. The molecule has 1 aromatic heterocycles. The molecule has 5 rings (SSSR count). The molecule has 1 aliphatic heterocycles. The van der Waals surface area contributed by atoms with Crippen LogP contribution in [0, 0.1) is 0 Å². The fraction of sp³-hybridized carbons (Fsp3) is 0.361. The first-order valence-electron chi connectivity index (χ1n) is 15.9. The Balaban J connectivity index is 1.05. The van der Waals surface area contributed by atoms with Gasteiger partial charge < -0.3 is 21.1 Å². The van der Waals surface area contributed by atoms with Crippen LogP contribution in [0.5, 0.6) is 5.75 Å². The number of likely N-dealkylation sites (tertiary alicyclic amines) is 1. The SMILES string of the molecule is CC(C)(C)Oc1ccc(C[C@H](N)C(=O)Nc2cccc(-c3csc(SCC(=O)NC4CCN(Cc5ccc(Cl)c(Cl)c5)CC4)n3)c2)cc1. The van der Waals surface area contributed by atoms with Crippen LogP contribution >= 0.6 is 46.3 Å². The molecule has 0 radical (unpaired) electrons. The summed E-state index contributed by atoms with van der Waals surface area (Å²) in [5, 5.41) is 9.21. The van der Waals surface area contributed by atoms with Crippen LogP contribution in [0.1, 0.15) is 44.7 Å². The molecule has 1 atom stereocenters. The molecule has 3 aromatic carbocycles. The molecule has 0 unspecified atom stereocenters. The number of thioether (sulfide) groups is 1. The van der Waals surface area contributed by atoms with Crippen molar-refractivity contribution < 1.29 is 14.3 Å². The Morgan fingerprint density at radius 3 is 2.48 bits per heavy atom. The number of nitrogens with two attached hydrogens (primary N) is 1. The highest BCUT2D eigenvalue weighted by atomic mass is 35.5. The molecule has 4 aromatic rings. The number of halogens is 2. The van der Waals surface area contributed by atoms with E-state index in [-0.39, 0.29) is 23.5 Å². The highest BCUT2D eigenvalue weighted by Crippen LogP contribution is 2.30. The van der Waals surface area contributed by atoms with Crippen LogP contribution in [0.15, 0.2) is 76.4 Å². The first-order valence-corrected chi connectivity index (χ1v) is 18.5. The van der Waals surface area contributed by atoms with E-state index in [1.807, 2.05) is 92.9 Å². The fourth-order valence-corrected chi connectivity index (χ4v) is 7.34. The van der Waals surface area contributed by atoms with Gasteiger partial charge in [0.05, 0.1) is 27.5 Å². The predicted molar refractivity (Wildman–Crippen MR) is 198 cm³/mol. The van der Waals surface area contributed by atoms with Gasteiger partial charge >= 0.3 is 0 Å². The van der Waals surface area contributed by atoms with Crippen molar-refractivity contribution in [3.05, 3.63) is 93.3 Å². The molecule has 4 N–H and O–H groups in total. The van der Waals surface area contributed by atoms with E-state index in [1.165, 1.54) is 23.1 Å². The quantitative estimate of drug-likeness (QED) is 0.129. The lowest BCUT2D eigenvalue weighted by molar-refractivity contribution is -0.119. The highest BCUT2D eigenvalue weighted by molar-refractivity contribution is 8.01. The number of nitrogens with one attached hydrogen (secondary N) is 2. The number of nitrogens with zero attached hydrogens (tertiary/aromatic N) is 2. The van der Waals surface area contributed by atoms with Crippen LogP contribution in [0.3, 0.4) is 0 Å². The maximum atomic E-state index is 12.9. The molecule has 254 valence electrons. The molecule has 1 saturated heterocycles. The summed E-state index contributed by atoms with van der Waals surface area (Å²) in [7, 11) is 0. The number of thiazole rings is 1. The third-order valence-electron chi connectivity index (χ3n) is 7.72. The number of anilines is 1. The number of carbonyl (C=O) groups is 2. The summed E-state index contributed by atoms with van der Waals surface area (Å²) in [5.41, 5.74) is 10.4. The molecule has 0 bridgehead atoms. The lowest BCUT2D eigenvalue weighted by Gasteiger charge is -2.32. The zero-order valence-corrected chi connectivity index (χ0v) is 30.4. The standard InChI is InChI=1S/C36H41Cl2N5O3S2/c1-36(2,3)46-28-10-7-23(8-11-28)18-31(39)34(45)41-27-6-4-5-25(19-27)32-21-47-35(42-32)48-22-33(44)40-26-13-15-43(16-14-26)20-24-9-12-29(37)30(38)17-24/h4-12,17,19,21,26,31H,13-16,18,20,22,39H2,1-3H3,(H,40,44)(H,41,45)/t31-/m0/s1. The van der Waals surface area contributed by atoms with Crippen molar-refractivity contribution in [2.24, 2.45) is 5.73 Å². The number of benzene rings is 3. The second-order valence-electron chi connectivity index (χ2n) is 12.9. The Hall–Kier alpha value is -3.12. The minimum atomic E-state index is -0.710. The van der Waals surface area contributed by atoms with Crippen molar-refractivity contribution in [2.45, 2.75) is 68.6 Å². The summed E-state index contributed by atoms with van der Waals surface area (Å²) in [4.78, 5) is 32.7. The summed E-state index contributed by atoms with van der Waals surface area (Å²) < 4.78 is 6.68. The van der Waals surface area contributed by atoms with Crippen LogP contribution < -0.4 is 21.1 Å². The van der Waals surface area contributed by atoms with Crippen molar-refractivity contribution in [3.63, 3.8) is 0 Å². The number of ether oxygens (including phenoxy) is 1. The fourth-order valence-electron chi connectivity index (χ4n) is 5.37. The number of carbonyl (C=O) groups excluding carboxylic acids is 2. The van der Waals surface area contributed by atoms with Gasteiger partial charge in [-0.3, -0.25) is 14.5 Å². The minimum Gasteiger partial charge on any atom is -0.488 e. The van der Waals surface area contributed by atoms with E-state index in [4.69, 9.17) is 38.7 Å². The summed E-state index contributed by atoms with van der Waals surface area (Å²) in [6.07, 6.45) is 2.20. The average Bonchev–Trinajstić information content (AvgIpc) is 3.52. The molecule has 1 aliphatic rings. The molecule has 12 heteroatoms. The first-order chi connectivity index (χ1) is 22.9. The first kappa shape index (κ1) is 36.2. The normalized spacial score (nSPS) is 14.8. The van der Waals surface area contributed by atoms with Crippen LogP contribution in [-0.4, -0.2) is 58.2 Å². The van der Waals surface area contributed by atoms with Crippen molar-refractivity contribution in [1.29, 1.82) is 0 Å². The minimum absolute atomic E-state index is 0.00918. The Bertz CT molecular complexity index is 1700. The summed E-state index contributed by atoms with van der Waals surface area (Å²) in [5.74, 6) is 0.823. The number of amides is 2. The van der Waals surface area contributed by atoms with Gasteiger partial charge in [-0.05, 0) is 87.6 Å². The van der Waals surface area contributed by atoms with Gasteiger partial charge in [0, 0.05) is 42.3 Å². The van der Waals surface area contributed by atoms with Crippen LogP contribution in [0.25, 0.3) is 11.3 Å². The molecule has 2 amide bonds. The van der Waals surface area contributed by atoms with Gasteiger partial charge in [0.2, 0.25) is 11.8 Å². The predicted octanol–water partition coefficient (Wildman–Crippen LogP) is 7.68. The number of hydrogen-bond donors (Lipinski definition) is 3. The summed E-state index contributed by atoms with van der Waals surface area (Å²) >= 11 is 15.1. The molecule has 48 heavy (non-hydrogen) atoms. The van der Waals surface area contributed by atoms with E-state index in [0.717, 1.165) is 64.9 Å². The number of hydrogen-bond acceptors (Lipinski definition) is 8. The molecule has 8 nitrogen and oxygen atoms in total. The molecular weight excluding hydrogens is 685 g/mol. The summed E-state index contributed by atoms with van der Waals surface area (Å²) in [6.45, 7) is 8.61. The summed E-state index contributed by atoms with van der Waals surface area (Å²) in [6, 6.07) is 20.4. The Morgan fingerprint density at radius 1 is 1.04 bits per heavy atom. The van der Waals surface area contributed by atoms with Crippen LogP contribution in [0.2, 0.25) is 10.0 Å². The molecule has 0 aliphatic carbocycles. The number of piperidine rings is 1. The topological polar surface area (TPSA) is 110 Å². The van der Waals surface area contributed by atoms with E-state index >= 15 is 0 Å². The zero-order valence-electron chi connectivity index (χ0n) is 27.3. The van der Waals surface area contributed by atoms with Gasteiger partial charge in [0.25, 0.3) is 0 Å². The average molecular weight is 727 g/mol. The molecule has 0 spiro atoms. The molecule has 2 heterocycles. The second kappa shape index (κ2) is 16.5. The van der Waals surface area contributed by atoms with Crippen molar-refractivity contribution in [3.8, 4) is 17.0 Å². The van der Waals surface area contributed by atoms with Crippen LogP contribution in [0.4, 0.5) is 5.69 Å². The van der Waals surface area contributed by atoms with E-state index in [1.54, 1.807) is 0 Å². The molecular formula is C36H41Cl2N5O3S2. The maximum Gasteiger partial charge on any atom is 0.241 e. The smallest absolute Gasteiger partial charge is 0.241 e. The van der Waals surface area contributed by atoms with E-state index < -0.39 is 6.04 Å². The second-order valence-corrected chi connectivity index (χ2v) is 15.8. The molecule has 1 fully saturated rings. The number of rotatable bonds is 12. The van der Waals surface area contributed by atoms with E-state index in [9.17, 15) is 9.59 Å². The Morgan fingerprint density at radius 2 is 1.77 bits per heavy atom. The van der Waals surface area contributed by atoms with Crippen molar-refractivity contribution in [2.75, 3.05) is 24.2 Å². The molecule has 0 saturated carbocycles. The lowest BCUT2D eigenvalue weighted by atomic mass is 10.0. The van der Waals surface area contributed by atoms with Gasteiger partial charge in [-0.25, -0.2) is 4.98 Å². The zero-order chi connectivity index (χ0) is 34.3. The highest BCUT2D eigenvalue weighted by Gasteiger charge is 2.22. The lowest BCUT2D eigenvalue weighted by Crippen LogP contribution is -2.44. The van der Waals surface area contributed by atoms with E-state index in [2.05, 4.69) is 15.5 Å². The van der Waals surface area contributed by atoms with Crippen LogP contribution in [-0.2, 0) is 22.6 Å². The third kappa shape index (κ3) is 10.9. The van der Waals surface area contributed by atoms with Gasteiger partial charge in [-0.1, -0.05) is 65.3 Å².